The van der Waals surface area contributed by atoms with Crippen molar-refractivity contribution >= 4 is 5.91 Å². The molecule has 4 heteroatoms. The molecule has 2 atom stereocenters. The third kappa shape index (κ3) is 49.4. The van der Waals surface area contributed by atoms with Gasteiger partial charge in [0.15, 0.2) is 0 Å². The molecule has 1 amide bonds. The van der Waals surface area contributed by atoms with Crippen molar-refractivity contribution in [2.75, 3.05) is 6.61 Å². The van der Waals surface area contributed by atoms with E-state index >= 15 is 0 Å². The molecule has 0 aliphatic rings. The Hall–Kier alpha value is -1.65. The second-order valence-corrected chi connectivity index (χ2v) is 19.0. The van der Waals surface area contributed by atoms with E-state index in [0.29, 0.717) is 6.42 Å². The lowest BCUT2D eigenvalue weighted by Gasteiger charge is -2.20. The molecule has 4 nitrogen and oxygen atoms in total. The van der Waals surface area contributed by atoms with E-state index in [1.165, 1.54) is 238 Å². The molecule has 0 aromatic heterocycles. The average molecular weight is 869 g/mol. The van der Waals surface area contributed by atoms with E-state index in [-0.39, 0.29) is 12.5 Å². The highest BCUT2D eigenvalue weighted by atomic mass is 16.3. The van der Waals surface area contributed by atoms with Crippen molar-refractivity contribution < 1.29 is 15.0 Å². The molecular weight excluding hydrogens is 759 g/mol. The van der Waals surface area contributed by atoms with Gasteiger partial charge in [-0.2, -0.15) is 0 Å². The van der Waals surface area contributed by atoms with Gasteiger partial charge in [-0.1, -0.05) is 281 Å². The zero-order valence-electron chi connectivity index (χ0n) is 41.9. The maximum atomic E-state index is 12.4. The third-order valence-electron chi connectivity index (χ3n) is 12.8. The fourth-order valence-electron chi connectivity index (χ4n) is 8.54. The van der Waals surface area contributed by atoms with Crippen molar-refractivity contribution in [1.29, 1.82) is 0 Å². The monoisotopic (exact) mass is 868 g/mol. The number of unbranched alkanes of at least 4 members (excludes halogenated alkanes) is 38. The van der Waals surface area contributed by atoms with E-state index < -0.39 is 12.1 Å². The minimum Gasteiger partial charge on any atom is -0.394 e. The lowest BCUT2D eigenvalue weighted by molar-refractivity contribution is -0.123. The SMILES string of the molecule is CCCCCCC/C=C\C/C=C\C/C=C\CCCCCCCCCCCCCCCCCCCCCCCCCCC(=O)NC(CO)C(O)/C=C/CCCCCCCCCCC. The molecule has 3 N–H and O–H groups in total. The Bertz CT molecular complexity index is 985. The Kier molecular flexibility index (Phi) is 52.3. The first kappa shape index (κ1) is 60.4. The number of hydrogen-bond acceptors (Lipinski definition) is 3. The normalized spacial score (nSPS) is 13.2. The van der Waals surface area contributed by atoms with Gasteiger partial charge in [-0.25, -0.2) is 0 Å². The van der Waals surface area contributed by atoms with Crippen LogP contribution >= 0.6 is 0 Å². The van der Waals surface area contributed by atoms with Crippen LogP contribution in [0.3, 0.4) is 0 Å². The highest BCUT2D eigenvalue weighted by Gasteiger charge is 2.18. The van der Waals surface area contributed by atoms with Gasteiger partial charge in [0.1, 0.15) is 0 Å². The smallest absolute Gasteiger partial charge is 0.220 e. The largest absolute Gasteiger partial charge is 0.394 e. The first-order valence-corrected chi connectivity index (χ1v) is 27.9. The quantitative estimate of drug-likeness (QED) is 0.0421. The first-order chi connectivity index (χ1) is 30.7. The summed E-state index contributed by atoms with van der Waals surface area (Å²) in [5.41, 5.74) is 0. The van der Waals surface area contributed by atoms with Crippen LogP contribution < -0.4 is 5.32 Å². The van der Waals surface area contributed by atoms with E-state index in [1.807, 2.05) is 6.08 Å². The van der Waals surface area contributed by atoms with Gasteiger partial charge >= 0.3 is 0 Å². The molecule has 0 bridgehead atoms. The standard InChI is InChI=1S/C58H109NO3/c1-3-5-7-9-11-13-15-16-17-18-19-20-21-22-23-24-25-26-27-28-29-30-31-32-33-34-35-36-37-38-39-40-41-42-44-46-48-50-52-54-58(62)59-56(55-60)57(61)53-51-49-47-45-43-14-12-10-8-6-4-2/h15-16,18-19,21-22,51,53,56-57,60-61H,3-14,17,20,23-50,52,54-55H2,1-2H3,(H,59,62)/b16-15-,19-18-,22-21-,53-51+. The number of allylic oxidation sites excluding steroid dienone is 7. The van der Waals surface area contributed by atoms with E-state index in [1.54, 1.807) is 6.08 Å². The van der Waals surface area contributed by atoms with Gasteiger partial charge in [0.25, 0.3) is 0 Å². The predicted molar refractivity (Wildman–Crippen MR) is 276 cm³/mol. The molecule has 0 fully saturated rings. The van der Waals surface area contributed by atoms with Crippen LogP contribution in [-0.4, -0.2) is 34.9 Å². The summed E-state index contributed by atoms with van der Waals surface area (Å²) in [6.07, 6.45) is 74.3. The van der Waals surface area contributed by atoms with E-state index in [9.17, 15) is 15.0 Å². The van der Waals surface area contributed by atoms with Crippen LogP contribution in [-0.2, 0) is 4.79 Å². The van der Waals surface area contributed by atoms with Crippen LogP contribution in [0.5, 0.6) is 0 Å². The summed E-state index contributed by atoms with van der Waals surface area (Å²) >= 11 is 0. The summed E-state index contributed by atoms with van der Waals surface area (Å²) < 4.78 is 0. The third-order valence-corrected chi connectivity index (χ3v) is 12.8. The molecule has 0 spiro atoms. The van der Waals surface area contributed by atoms with Crippen molar-refractivity contribution in [2.45, 2.75) is 309 Å². The van der Waals surface area contributed by atoms with Gasteiger partial charge in [0, 0.05) is 6.42 Å². The van der Waals surface area contributed by atoms with Crippen LogP contribution in [0.4, 0.5) is 0 Å². The summed E-state index contributed by atoms with van der Waals surface area (Å²) in [6, 6.07) is -0.619. The van der Waals surface area contributed by atoms with Gasteiger partial charge in [-0.3, -0.25) is 4.79 Å². The number of carbonyl (C=O) groups excluding carboxylic acids is 1. The maximum absolute atomic E-state index is 12.4. The minimum atomic E-state index is -0.836. The molecule has 0 saturated heterocycles. The zero-order valence-corrected chi connectivity index (χ0v) is 41.9. The molecule has 0 aliphatic carbocycles. The Labute approximate surface area is 388 Å². The number of rotatable bonds is 51. The lowest BCUT2D eigenvalue weighted by Crippen LogP contribution is -2.45. The highest BCUT2D eigenvalue weighted by Crippen LogP contribution is 2.17. The van der Waals surface area contributed by atoms with Gasteiger partial charge in [-0.05, 0) is 57.8 Å². The van der Waals surface area contributed by atoms with Crippen molar-refractivity contribution in [1.82, 2.24) is 5.32 Å². The topological polar surface area (TPSA) is 69.6 Å². The van der Waals surface area contributed by atoms with Crippen LogP contribution in [0, 0.1) is 0 Å². The number of aliphatic hydroxyl groups excluding tert-OH is 2. The molecule has 2 unspecified atom stereocenters. The van der Waals surface area contributed by atoms with Gasteiger partial charge in [-0.15, -0.1) is 0 Å². The molecule has 0 rings (SSSR count). The molecule has 0 aromatic carbocycles. The summed E-state index contributed by atoms with van der Waals surface area (Å²) in [4.78, 5) is 12.4. The second-order valence-electron chi connectivity index (χ2n) is 19.0. The molecule has 0 aliphatic heterocycles. The predicted octanol–water partition coefficient (Wildman–Crippen LogP) is 18.3. The maximum Gasteiger partial charge on any atom is 0.220 e. The molecule has 364 valence electrons. The van der Waals surface area contributed by atoms with Gasteiger partial charge in [0.05, 0.1) is 18.8 Å². The van der Waals surface area contributed by atoms with Crippen molar-refractivity contribution in [3.05, 3.63) is 48.6 Å². The Morgan fingerprint density at radius 2 is 0.661 bits per heavy atom. The summed E-state index contributed by atoms with van der Waals surface area (Å²) in [6.45, 7) is 4.29. The van der Waals surface area contributed by atoms with Crippen LogP contribution in [0.2, 0.25) is 0 Å². The summed E-state index contributed by atoms with van der Waals surface area (Å²) in [5.74, 6) is -0.0614. The summed E-state index contributed by atoms with van der Waals surface area (Å²) in [7, 11) is 0. The molecule has 62 heavy (non-hydrogen) atoms. The fraction of sp³-hybridized carbons (Fsp3) is 0.845. The average Bonchev–Trinajstić information content (AvgIpc) is 3.28. The molecular formula is C58H109NO3. The van der Waals surface area contributed by atoms with Crippen molar-refractivity contribution in [3.63, 3.8) is 0 Å². The van der Waals surface area contributed by atoms with Crippen LogP contribution in [0.25, 0.3) is 0 Å². The Morgan fingerprint density at radius 3 is 0.984 bits per heavy atom. The number of hydrogen-bond donors (Lipinski definition) is 3. The number of amides is 1. The van der Waals surface area contributed by atoms with Gasteiger partial charge < -0.3 is 15.5 Å². The van der Waals surface area contributed by atoms with Crippen molar-refractivity contribution in [3.8, 4) is 0 Å². The molecule has 0 radical (unpaired) electrons. The Balaban J connectivity index is 3.38. The second kappa shape index (κ2) is 53.7. The number of carbonyl (C=O) groups is 1. The van der Waals surface area contributed by atoms with Crippen LogP contribution in [0.1, 0.15) is 296 Å². The number of nitrogens with one attached hydrogen (secondary N) is 1. The Morgan fingerprint density at radius 1 is 0.387 bits per heavy atom. The molecule has 0 aromatic rings. The first-order valence-electron chi connectivity index (χ1n) is 27.9. The van der Waals surface area contributed by atoms with E-state index in [4.69, 9.17) is 0 Å². The minimum absolute atomic E-state index is 0.0614. The highest BCUT2D eigenvalue weighted by molar-refractivity contribution is 5.76. The fourth-order valence-corrected chi connectivity index (χ4v) is 8.54. The summed E-state index contributed by atoms with van der Waals surface area (Å²) in [5, 5.41) is 23.0. The zero-order chi connectivity index (χ0) is 44.9. The lowest BCUT2D eigenvalue weighted by atomic mass is 10.0. The van der Waals surface area contributed by atoms with E-state index in [0.717, 1.165) is 38.5 Å². The van der Waals surface area contributed by atoms with Gasteiger partial charge in [0.2, 0.25) is 5.91 Å². The number of aliphatic hydroxyl groups is 2. The molecule has 0 heterocycles. The van der Waals surface area contributed by atoms with E-state index in [2.05, 4.69) is 55.6 Å². The molecule has 0 saturated carbocycles. The van der Waals surface area contributed by atoms with Crippen LogP contribution in [0.15, 0.2) is 48.6 Å². The van der Waals surface area contributed by atoms with Crippen molar-refractivity contribution in [2.24, 2.45) is 0 Å².